The molecule has 1 heterocycles. The molecular weight excluding hydrogens is 286 g/mol. The SMILES string of the molecule is C=C=CN(CCc1ccco1)S(=O)(=O)c1ccc(C)cc1. The van der Waals surface area contributed by atoms with Gasteiger partial charge in [-0.2, -0.15) is 0 Å². The summed E-state index contributed by atoms with van der Waals surface area (Å²) >= 11 is 0. The number of benzene rings is 1. The number of sulfonamides is 1. The fraction of sp³-hybridized carbons (Fsp3) is 0.188. The van der Waals surface area contributed by atoms with Gasteiger partial charge in [0, 0.05) is 13.0 Å². The number of nitrogens with zero attached hydrogens (tertiary/aromatic N) is 1. The van der Waals surface area contributed by atoms with E-state index in [1.165, 1.54) is 10.5 Å². The summed E-state index contributed by atoms with van der Waals surface area (Å²) < 4.78 is 31.6. The van der Waals surface area contributed by atoms with Crippen molar-refractivity contribution >= 4 is 10.0 Å². The summed E-state index contributed by atoms with van der Waals surface area (Å²) in [5.41, 5.74) is 3.54. The molecule has 0 amide bonds. The van der Waals surface area contributed by atoms with Crippen LogP contribution in [0.3, 0.4) is 0 Å². The maximum absolute atomic E-state index is 12.6. The maximum atomic E-state index is 12.6. The van der Waals surface area contributed by atoms with Crippen LogP contribution in [0.25, 0.3) is 0 Å². The minimum Gasteiger partial charge on any atom is -0.469 e. The first-order valence-corrected chi connectivity index (χ1v) is 7.95. The van der Waals surface area contributed by atoms with E-state index in [0.717, 1.165) is 11.3 Å². The number of hydrogen-bond donors (Lipinski definition) is 0. The average Bonchev–Trinajstić information content (AvgIpc) is 2.97. The average molecular weight is 303 g/mol. The maximum Gasteiger partial charge on any atom is 0.264 e. The fourth-order valence-electron chi connectivity index (χ4n) is 1.88. The Morgan fingerprint density at radius 1 is 1.29 bits per heavy atom. The largest absolute Gasteiger partial charge is 0.469 e. The Bertz CT molecular complexity index is 724. The predicted molar refractivity (Wildman–Crippen MR) is 81.2 cm³/mol. The quantitative estimate of drug-likeness (QED) is 0.770. The van der Waals surface area contributed by atoms with Gasteiger partial charge in [0.1, 0.15) is 5.76 Å². The van der Waals surface area contributed by atoms with E-state index in [1.807, 2.05) is 13.0 Å². The van der Waals surface area contributed by atoms with E-state index in [4.69, 9.17) is 4.42 Å². The molecule has 0 aliphatic rings. The fourth-order valence-corrected chi connectivity index (χ4v) is 3.17. The molecule has 2 rings (SSSR count). The highest BCUT2D eigenvalue weighted by Crippen LogP contribution is 2.17. The second-order valence-electron chi connectivity index (χ2n) is 4.59. The van der Waals surface area contributed by atoms with Gasteiger partial charge in [-0.3, -0.25) is 4.31 Å². The molecular formula is C16H17NO3S. The van der Waals surface area contributed by atoms with Gasteiger partial charge in [-0.25, -0.2) is 8.42 Å². The molecule has 0 aliphatic carbocycles. The van der Waals surface area contributed by atoms with Crippen LogP contribution in [0.2, 0.25) is 0 Å². The molecule has 0 fully saturated rings. The van der Waals surface area contributed by atoms with Crippen LogP contribution >= 0.6 is 0 Å². The van der Waals surface area contributed by atoms with Gasteiger partial charge in [0.15, 0.2) is 0 Å². The zero-order valence-electron chi connectivity index (χ0n) is 11.8. The van der Waals surface area contributed by atoms with Gasteiger partial charge in [0.2, 0.25) is 0 Å². The monoisotopic (exact) mass is 303 g/mol. The second kappa shape index (κ2) is 6.48. The molecule has 2 aromatic rings. The Kier molecular flexibility index (Phi) is 4.68. The molecule has 110 valence electrons. The Labute approximate surface area is 125 Å². The van der Waals surface area contributed by atoms with Gasteiger partial charge >= 0.3 is 0 Å². The molecule has 1 aromatic heterocycles. The smallest absolute Gasteiger partial charge is 0.264 e. The van der Waals surface area contributed by atoms with E-state index in [2.05, 4.69) is 12.3 Å². The summed E-state index contributed by atoms with van der Waals surface area (Å²) in [5, 5.41) is 0. The Morgan fingerprint density at radius 2 is 2.00 bits per heavy atom. The molecule has 0 unspecified atom stereocenters. The molecule has 0 bridgehead atoms. The highest BCUT2D eigenvalue weighted by molar-refractivity contribution is 7.89. The molecule has 5 heteroatoms. The minimum atomic E-state index is -3.60. The van der Waals surface area contributed by atoms with Crippen LogP contribution in [-0.2, 0) is 16.4 Å². The summed E-state index contributed by atoms with van der Waals surface area (Å²) in [6, 6.07) is 10.3. The van der Waals surface area contributed by atoms with Gasteiger partial charge in [-0.15, -0.1) is 5.73 Å². The highest BCUT2D eigenvalue weighted by Gasteiger charge is 2.21. The Hall–Kier alpha value is -2.23. The summed E-state index contributed by atoms with van der Waals surface area (Å²) in [6.07, 6.45) is 3.39. The van der Waals surface area contributed by atoms with Gasteiger partial charge in [0.25, 0.3) is 10.0 Å². The standard InChI is InChI=1S/C16H17NO3S/c1-3-11-17(12-10-15-5-4-13-20-15)21(18,19)16-8-6-14(2)7-9-16/h4-9,11,13H,1,10,12H2,2H3. The van der Waals surface area contributed by atoms with Crippen LogP contribution in [0.15, 0.2) is 70.5 Å². The minimum absolute atomic E-state index is 0.249. The van der Waals surface area contributed by atoms with Gasteiger partial charge in [0.05, 0.1) is 17.4 Å². The van der Waals surface area contributed by atoms with Crippen LogP contribution in [-0.4, -0.2) is 19.3 Å². The van der Waals surface area contributed by atoms with E-state index in [9.17, 15) is 8.42 Å². The van der Waals surface area contributed by atoms with Crippen LogP contribution in [0, 0.1) is 6.92 Å². The predicted octanol–water partition coefficient (Wildman–Crippen LogP) is 3.12. The lowest BCUT2D eigenvalue weighted by atomic mass is 10.2. The van der Waals surface area contributed by atoms with Crippen LogP contribution in [0.1, 0.15) is 11.3 Å². The van der Waals surface area contributed by atoms with Crippen molar-refractivity contribution in [2.24, 2.45) is 0 Å². The lowest BCUT2D eigenvalue weighted by Crippen LogP contribution is -2.28. The lowest BCUT2D eigenvalue weighted by Gasteiger charge is -2.19. The second-order valence-corrected chi connectivity index (χ2v) is 6.48. The van der Waals surface area contributed by atoms with Crippen molar-refractivity contribution in [1.29, 1.82) is 0 Å². The van der Waals surface area contributed by atoms with E-state index >= 15 is 0 Å². The molecule has 1 aromatic carbocycles. The van der Waals surface area contributed by atoms with Crippen LogP contribution in [0.4, 0.5) is 0 Å². The number of hydrogen-bond acceptors (Lipinski definition) is 3. The van der Waals surface area contributed by atoms with Gasteiger partial charge < -0.3 is 4.42 Å². The summed E-state index contributed by atoms with van der Waals surface area (Å²) in [4.78, 5) is 0.249. The lowest BCUT2D eigenvalue weighted by molar-refractivity contribution is 0.460. The molecule has 0 atom stereocenters. The first-order valence-electron chi connectivity index (χ1n) is 6.51. The van der Waals surface area contributed by atoms with Gasteiger partial charge in [-0.05, 0) is 31.2 Å². The third kappa shape index (κ3) is 3.66. The molecule has 0 saturated heterocycles. The highest BCUT2D eigenvalue weighted by atomic mass is 32.2. The molecule has 0 saturated carbocycles. The van der Waals surface area contributed by atoms with Crippen molar-refractivity contribution in [1.82, 2.24) is 4.31 Å². The van der Waals surface area contributed by atoms with Crippen molar-refractivity contribution < 1.29 is 12.8 Å². The van der Waals surface area contributed by atoms with E-state index in [-0.39, 0.29) is 11.4 Å². The first-order chi connectivity index (χ1) is 10.0. The summed E-state index contributed by atoms with van der Waals surface area (Å²) in [7, 11) is -3.60. The van der Waals surface area contributed by atoms with Crippen LogP contribution < -0.4 is 0 Å². The van der Waals surface area contributed by atoms with Crippen molar-refractivity contribution in [2.45, 2.75) is 18.2 Å². The van der Waals surface area contributed by atoms with E-state index < -0.39 is 10.0 Å². The molecule has 0 N–H and O–H groups in total. The molecule has 21 heavy (non-hydrogen) atoms. The summed E-state index contributed by atoms with van der Waals surface area (Å²) in [5.74, 6) is 0.733. The molecule has 0 radical (unpaired) electrons. The molecule has 0 aliphatic heterocycles. The van der Waals surface area contributed by atoms with E-state index in [0.29, 0.717) is 6.42 Å². The number of rotatable bonds is 6. The first kappa shape index (κ1) is 15.2. The number of furan rings is 1. The zero-order chi connectivity index (χ0) is 15.3. The third-order valence-electron chi connectivity index (χ3n) is 3.02. The van der Waals surface area contributed by atoms with Crippen molar-refractivity contribution in [3.05, 3.63) is 72.5 Å². The van der Waals surface area contributed by atoms with Crippen molar-refractivity contribution in [3.8, 4) is 0 Å². The van der Waals surface area contributed by atoms with Crippen molar-refractivity contribution in [2.75, 3.05) is 6.54 Å². The third-order valence-corrected chi connectivity index (χ3v) is 4.79. The molecule has 4 nitrogen and oxygen atoms in total. The Balaban J connectivity index is 2.23. The number of aryl methyl sites for hydroxylation is 1. The van der Waals surface area contributed by atoms with Gasteiger partial charge in [-0.1, -0.05) is 24.3 Å². The van der Waals surface area contributed by atoms with E-state index in [1.54, 1.807) is 36.6 Å². The summed E-state index contributed by atoms with van der Waals surface area (Å²) in [6.45, 7) is 5.64. The molecule has 0 spiro atoms. The van der Waals surface area contributed by atoms with Crippen molar-refractivity contribution in [3.63, 3.8) is 0 Å². The topological polar surface area (TPSA) is 50.5 Å². The zero-order valence-corrected chi connectivity index (χ0v) is 12.6. The Morgan fingerprint density at radius 3 is 2.57 bits per heavy atom. The normalized spacial score (nSPS) is 10.9. The van der Waals surface area contributed by atoms with Crippen LogP contribution in [0.5, 0.6) is 0 Å².